The van der Waals surface area contributed by atoms with Gasteiger partial charge in [-0.2, -0.15) is 0 Å². The first-order valence-corrected chi connectivity index (χ1v) is 7.66. The van der Waals surface area contributed by atoms with Gasteiger partial charge in [-0.25, -0.2) is 18.7 Å². The lowest BCUT2D eigenvalue weighted by Gasteiger charge is -2.05. The number of nitrogen functional groups attached to an aromatic ring is 1. The van der Waals surface area contributed by atoms with Crippen molar-refractivity contribution in [1.82, 2.24) is 24.7 Å². The number of nitrogens with two attached hydrogens (primary N) is 1. The minimum atomic E-state index is -2.17. The summed E-state index contributed by atoms with van der Waals surface area (Å²) in [5, 5.41) is 2.71. The Hall–Kier alpha value is -2.61. The third-order valence-corrected chi connectivity index (χ3v) is 3.74. The SMILES string of the molecule is FC(F)C1CCCN1.Nc1cncc(-c2cnc3ccccn23)n1. The molecule has 0 saturated carbocycles. The fourth-order valence-corrected chi connectivity index (χ4v) is 2.55. The second-order valence-corrected chi connectivity index (χ2v) is 5.44. The number of nitrogens with one attached hydrogen (secondary N) is 1. The summed E-state index contributed by atoms with van der Waals surface area (Å²) in [5.74, 6) is 0.406. The van der Waals surface area contributed by atoms with Gasteiger partial charge >= 0.3 is 0 Å². The molecule has 0 bridgehead atoms. The van der Waals surface area contributed by atoms with Crippen LogP contribution in [0.1, 0.15) is 12.8 Å². The van der Waals surface area contributed by atoms with Crippen molar-refractivity contribution in [2.75, 3.05) is 12.3 Å². The van der Waals surface area contributed by atoms with Gasteiger partial charge in [-0.05, 0) is 31.5 Å². The van der Waals surface area contributed by atoms with Gasteiger partial charge < -0.3 is 11.1 Å². The third-order valence-electron chi connectivity index (χ3n) is 3.74. The van der Waals surface area contributed by atoms with Crippen LogP contribution in [-0.2, 0) is 0 Å². The molecule has 1 aliphatic rings. The molecule has 0 amide bonds. The van der Waals surface area contributed by atoms with Crippen molar-refractivity contribution >= 4 is 11.5 Å². The van der Waals surface area contributed by atoms with E-state index in [0.29, 0.717) is 12.2 Å². The molecular weight excluding hydrogens is 314 g/mol. The topological polar surface area (TPSA) is 81.1 Å². The van der Waals surface area contributed by atoms with Gasteiger partial charge in [-0.3, -0.25) is 9.38 Å². The minimum Gasteiger partial charge on any atom is -0.382 e. The van der Waals surface area contributed by atoms with Crippen molar-refractivity contribution in [3.63, 3.8) is 0 Å². The Bertz CT molecular complexity index is 798. The van der Waals surface area contributed by atoms with Gasteiger partial charge in [0.2, 0.25) is 0 Å². The molecule has 1 aliphatic heterocycles. The summed E-state index contributed by atoms with van der Waals surface area (Å²) >= 11 is 0. The second kappa shape index (κ2) is 7.31. The number of anilines is 1. The Morgan fingerprint density at radius 3 is 2.79 bits per heavy atom. The predicted octanol–water partition coefficient (Wildman–Crippen LogP) is 2.38. The fourth-order valence-electron chi connectivity index (χ4n) is 2.55. The zero-order valence-corrected chi connectivity index (χ0v) is 12.9. The lowest BCUT2D eigenvalue weighted by molar-refractivity contribution is 0.107. The van der Waals surface area contributed by atoms with Crippen molar-refractivity contribution in [2.24, 2.45) is 0 Å². The molecule has 6 nitrogen and oxygen atoms in total. The molecule has 1 unspecified atom stereocenters. The van der Waals surface area contributed by atoms with Gasteiger partial charge in [0, 0.05) is 6.20 Å². The van der Waals surface area contributed by atoms with Crippen LogP contribution in [0.25, 0.3) is 17.0 Å². The molecule has 4 rings (SSSR count). The van der Waals surface area contributed by atoms with E-state index in [1.807, 2.05) is 28.8 Å². The van der Waals surface area contributed by atoms with Crippen LogP contribution < -0.4 is 11.1 Å². The van der Waals surface area contributed by atoms with Crippen LogP contribution >= 0.6 is 0 Å². The molecule has 126 valence electrons. The normalized spacial score (nSPS) is 17.0. The number of imidazole rings is 1. The van der Waals surface area contributed by atoms with Crippen molar-refractivity contribution in [3.8, 4) is 11.4 Å². The number of hydrogen-bond acceptors (Lipinski definition) is 5. The summed E-state index contributed by atoms with van der Waals surface area (Å²) in [4.78, 5) is 12.5. The van der Waals surface area contributed by atoms with E-state index in [2.05, 4.69) is 20.3 Å². The highest BCUT2D eigenvalue weighted by Gasteiger charge is 2.22. The van der Waals surface area contributed by atoms with Crippen molar-refractivity contribution in [2.45, 2.75) is 25.3 Å². The summed E-state index contributed by atoms with van der Waals surface area (Å²) in [6.07, 6.45) is 6.26. The largest absolute Gasteiger partial charge is 0.382 e. The molecule has 0 aliphatic carbocycles. The lowest BCUT2D eigenvalue weighted by Crippen LogP contribution is -2.28. The maximum Gasteiger partial charge on any atom is 0.253 e. The summed E-state index contributed by atoms with van der Waals surface area (Å²) in [6, 6.07) is 5.30. The van der Waals surface area contributed by atoms with Crippen LogP contribution in [0, 0.1) is 0 Å². The van der Waals surface area contributed by atoms with E-state index in [1.165, 1.54) is 6.20 Å². The average molecular weight is 332 g/mol. The average Bonchev–Trinajstić information content (AvgIpc) is 3.25. The highest BCUT2D eigenvalue weighted by atomic mass is 19.3. The molecule has 1 fully saturated rings. The predicted molar refractivity (Wildman–Crippen MR) is 87.7 cm³/mol. The Morgan fingerprint density at radius 1 is 1.25 bits per heavy atom. The Labute approximate surface area is 137 Å². The van der Waals surface area contributed by atoms with E-state index >= 15 is 0 Å². The molecule has 0 aromatic carbocycles. The van der Waals surface area contributed by atoms with Gasteiger partial charge in [-0.1, -0.05) is 6.07 Å². The molecule has 1 atom stereocenters. The number of alkyl halides is 2. The van der Waals surface area contributed by atoms with Crippen LogP contribution in [0.4, 0.5) is 14.6 Å². The summed E-state index contributed by atoms with van der Waals surface area (Å²) in [6.45, 7) is 0.759. The van der Waals surface area contributed by atoms with E-state index in [0.717, 1.165) is 30.0 Å². The summed E-state index contributed by atoms with van der Waals surface area (Å²) in [7, 11) is 0. The molecule has 3 N–H and O–H groups in total. The van der Waals surface area contributed by atoms with Gasteiger partial charge in [0.1, 0.15) is 17.2 Å². The number of halogens is 2. The number of fused-ring (bicyclic) bond motifs is 1. The first-order chi connectivity index (χ1) is 11.6. The molecule has 24 heavy (non-hydrogen) atoms. The minimum absolute atomic E-state index is 0.406. The maximum atomic E-state index is 11.7. The quantitative estimate of drug-likeness (QED) is 0.753. The van der Waals surface area contributed by atoms with Gasteiger partial charge in [0.25, 0.3) is 6.43 Å². The molecule has 8 heteroatoms. The molecule has 1 saturated heterocycles. The summed E-state index contributed by atoms with van der Waals surface area (Å²) < 4.78 is 25.3. The number of nitrogens with zero attached hydrogens (tertiary/aromatic N) is 4. The van der Waals surface area contributed by atoms with Crippen molar-refractivity contribution in [1.29, 1.82) is 0 Å². The van der Waals surface area contributed by atoms with Gasteiger partial charge in [0.05, 0.1) is 30.3 Å². The highest BCUT2D eigenvalue weighted by Crippen LogP contribution is 2.18. The highest BCUT2D eigenvalue weighted by molar-refractivity contribution is 5.60. The second-order valence-electron chi connectivity index (χ2n) is 5.44. The van der Waals surface area contributed by atoms with E-state index in [4.69, 9.17) is 5.73 Å². The Morgan fingerprint density at radius 2 is 2.12 bits per heavy atom. The third kappa shape index (κ3) is 3.65. The number of pyridine rings is 1. The Balaban J connectivity index is 0.000000179. The first-order valence-electron chi connectivity index (χ1n) is 7.66. The monoisotopic (exact) mass is 332 g/mol. The molecule has 0 radical (unpaired) electrons. The van der Waals surface area contributed by atoms with Crippen molar-refractivity contribution < 1.29 is 8.78 Å². The van der Waals surface area contributed by atoms with E-state index < -0.39 is 12.5 Å². The van der Waals surface area contributed by atoms with Crippen LogP contribution in [-0.4, -0.2) is 38.4 Å². The van der Waals surface area contributed by atoms with E-state index in [9.17, 15) is 8.78 Å². The number of hydrogen-bond donors (Lipinski definition) is 2. The van der Waals surface area contributed by atoms with Gasteiger partial charge in [0.15, 0.2) is 0 Å². The fraction of sp³-hybridized carbons (Fsp3) is 0.312. The van der Waals surface area contributed by atoms with Crippen LogP contribution in [0.2, 0.25) is 0 Å². The lowest BCUT2D eigenvalue weighted by atomic mass is 10.2. The zero-order chi connectivity index (χ0) is 16.9. The number of aromatic nitrogens is 4. The van der Waals surface area contributed by atoms with Crippen LogP contribution in [0.5, 0.6) is 0 Å². The first kappa shape index (κ1) is 16.3. The molecule has 0 spiro atoms. The molecular formula is C16H18F2N6. The molecule has 3 aromatic heterocycles. The van der Waals surface area contributed by atoms with Crippen molar-refractivity contribution in [3.05, 3.63) is 43.0 Å². The zero-order valence-electron chi connectivity index (χ0n) is 12.9. The standard InChI is InChI=1S/C11H9N5.C5H9F2N/c12-10-7-13-5-8(15-10)9-6-14-11-3-1-2-4-16(9)11;6-5(7)4-2-1-3-8-4/h1-7H,(H2,12,15);4-5,8H,1-3H2. The molecule has 3 aromatic rings. The van der Waals surface area contributed by atoms with E-state index in [1.54, 1.807) is 12.4 Å². The maximum absolute atomic E-state index is 11.7. The van der Waals surface area contributed by atoms with Crippen LogP contribution in [0.3, 0.4) is 0 Å². The smallest absolute Gasteiger partial charge is 0.253 e. The summed E-state index contributed by atoms with van der Waals surface area (Å²) in [5.41, 5.74) is 8.09. The van der Waals surface area contributed by atoms with Crippen LogP contribution in [0.15, 0.2) is 43.0 Å². The van der Waals surface area contributed by atoms with Gasteiger partial charge in [-0.15, -0.1) is 0 Å². The Kier molecular flexibility index (Phi) is 4.95. The molecule has 4 heterocycles. The number of rotatable bonds is 2. The van der Waals surface area contributed by atoms with E-state index in [-0.39, 0.29) is 0 Å².